The predicted molar refractivity (Wildman–Crippen MR) is 46.4 cm³/mol. The van der Waals surface area contributed by atoms with Crippen LogP contribution in [0.2, 0.25) is 0 Å². The molecule has 1 rings (SSSR count). The van der Waals surface area contributed by atoms with Gasteiger partial charge in [-0.15, -0.1) is 0 Å². The van der Waals surface area contributed by atoms with Crippen molar-refractivity contribution in [1.29, 1.82) is 0 Å². The highest BCUT2D eigenvalue weighted by Gasteiger charge is 2.38. The summed E-state index contributed by atoms with van der Waals surface area (Å²) in [5, 5.41) is 0. The molecule has 3 heteroatoms. The van der Waals surface area contributed by atoms with E-state index in [4.69, 9.17) is 4.18 Å². The minimum absolute atomic E-state index is 0.150. The number of ketones is 1. The van der Waals surface area contributed by atoms with Crippen molar-refractivity contribution in [1.82, 2.24) is 0 Å². The molecule has 0 spiro atoms. The van der Waals surface area contributed by atoms with E-state index in [0.29, 0.717) is 6.42 Å². The second kappa shape index (κ2) is 3.15. The Balaban J connectivity index is 2.52. The van der Waals surface area contributed by atoms with E-state index in [9.17, 15) is 4.79 Å². The topological polar surface area (TPSA) is 26.3 Å². The fourth-order valence-corrected chi connectivity index (χ4v) is 1.88. The summed E-state index contributed by atoms with van der Waals surface area (Å²) in [6.07, 6.45) is 3.23. The summed E-state index contributed by atoms with van der Waals surface area (Å²) >= 11 is 1.28. The molecule has 1 aliphatic carbocycles. The van der Waals surface area contributed by atoms with Crippen LogP contribution in [0.5, 0.6) is 0 Å². The molecular formula is C8H14O2S. The van der Waals surface area contributed by atoms with Crippen LogP contribution < -0.4 is 0 Å². The molecule has 0 amide bonds. The Morgan fingerprint density at radius 2 is 2.27 bits per heavy atom. The molecule has 0 aromatic rings. The third-order valence-corrected chi connectivity index (χ3v) is 2.39. The number of Topliss-reactive ketones (excluding diaryl/α,β-unsaturated/α-hetero) is 1. The van der Waals surface area contributed by atoms with Crippen LogP contribution >= 0.6 is 12.0 Å². The molecule has 2 nitrogen and oxygen atoms in total. The van der Waals surface area contributed by atoms with Gasteiger partial charge in [0.15, 0.2) is 5.78 Å². The van der Waals surface area contributed by atoms with Crippen molar-refractivity contribution < 1.29 is 8.98 Å². The van der Waals surface area contributed by atoms with E-state index in [1.54, 1.807) is 0 Å². The molecule has 0 bridgehead atoms. The van der Waals surface area contributed by atoms with Crippen molar-refractivity contribution in [2.24, 2.45) is 5.41 Å². The molecule has 1 fully saturated rings. The van der Waals surface area contributed by atoms with E-state index in [2.05, 4.69) is 13.8 Å². The van der Waals surface area contributed by atoms with Gasteiger partial charge in [-0.25, -0.2) is 0 Å². The smallest absolute Gasteiger partial charge is 0.163 e. The molecule has 1 unspecified atom stereocenters. The SMILES string of the molecule is CSOC1CC(C)(C)CC1=O. The molecule has 0 saturated heterocycles. The van der Waals surface area contributed by atoms with E-state index in [-0.39, 0.29) is 17.3 Å². The van der Waals surface area contributed by atoms with Gasteiger partial charge in [-0.3, -0.25) is 4.79 Å². The third-order valence-electron chi connectivity index (χ3n) is 1.96. The molecule has 0 heterocycles. The van der Waals surface area contributed by atoms with Crippen LogP contribution in [-0.4, -0.2) is 18.1 Å². The minimum Gasteiger partial charge on any atom is -0.304 e. The molecule has 0 aromatic carbocycles. The van der Waals surface area contributed by atoms with Crippen LogP contribution in [0.4, 0.5) is 0 Å². The number of carbonyl (C=O) groups is 1. The summed E-state index contributed by atoms with van der Waals surface area (Å²) in [4.78, 5) is 11.2. The van der Waals surface area contributed by atoms with Crippen LogP contribution in [0.1, 0.15) is 26.7 Å². The van der Waals surface area contributed by atoms with Crippen molar-refractivity contribution in [2.45, 2.75) is 32.8 Å². The van der Waals surface area contributed by atoms with Crippen LogP contribution in [0.15, 0.2) is 0 Å². The first-order chi connectivity index (χ1) is 5.05. The lowest BCUT2D eigenvalue weighted by Gasteiger charge is -2.14. The Morgan fingerprint density at radius 1 is 1.64 bits per heavy atom. The first-order valence-electron chi connectivity index (χ1n) is 3.77. The normalized spacial score (nSPS) is 29.4. The van der Waals surface area contributed by atoms with E-state index < -0.39 is 0 Å². The molecule has 0 radical (unpaired) electrons. The van der Waals surface area contributed by atoms with Crippen molar-refractivity contribution in [3.05, 3.63) is 0 Å². The zero-order chi connectivity index (χ0) is 8.48. The van der Waals surface area contributed by atoms with Crippen molar-refractivity contribution in [3.63, 3.8) is 0 Å². The highest BCUT2D eigenvalue weighted by Crippen LogP contribution is 2.37. The summed E-state index contributed by atoms with van der Waals surface area (Å²) in [5.74, 6) is 0.254. The second-order valence-electron chi connectivity index (χ2n) is 3.76. The van der Waals surface area contributed by atoms with E-state index in [1.807, 2.05) is 6.26 Å². The summed E-state index contributed by atoms with van der Waals surface area (Å²) in [6, 6.07) is 0. The van der Waals surface area contributed by atoms with Gasteiger partial charge in [0.05, 0.1) is 0 Å². The lowest BCUT2D eigenvalue weighted by atomic mass is 9.92. The first-order valence-corrected chi connectivity index (χ1v) is 4.92. The highest BCUT2D eigenvalue weighted by molar-refractivity contribution is 7.93. The summed E-state index contributed by atoms with van der Waals surface area (Å²) in [6.45, 7) is 4.21. The van der Waals surface area contributed by atoms with Crippen molar-refractivity contribution in [3.8, 4) is 0 Å². The predicted octanol–water partition coefficient (Wildman–Crippen LogP) is 2.04. The van der Waals surface area contributed by atoms with Gasteiger partial charge >= 0.3 is 0 Å². The summed E-state index contributed by atoms with van der Waals surface area (Å²) in [7, 11) is 0. The number of carbonyl (C=O) groups excluding carboxylic acids is 1. The van der Waals surface area contributed by atoms with Gasteiger partial charge in [-0.2, -0.15) is 0 Å². The maximum absolute atomic E-state index is 11.2. The fourth-order valence-electron chi connectivity index (χ4n) is 1.48. The molecule has 0 aromatic heterocycles. The molecule has 11 heavy (non-hydrogen) atoms. The highest BCUT2D eigenvalue weighted by atomic mass is 32.2. The molecule has 1 saturated carbocycles. The molecule has 0 N–H and O–H groups in total. The average molecular weight is 174 g/mol. The van der Waals surface area contributed by atoms with Gasteiger partial charge in [0.1, 0.15) is 6.10 Å². The first kappa shape index (κ1) is 9.07. The lowest BCUT2D eigenvalue weighted by molar-refractivity contribution is -0.122. The maximum atomic E-state index is 11.2. The Hall–Kier alpha value is -0.0200. The van der Waals surface area contributed by atoms with Gasteiger partial charge in [0.2, 0.25) is 0 Å². The van der Waals surface area contributed by atoms with Gasteiger partial charge in [-0.1, -0.05) is 13.8 Å². The molecular weight excluding hydrogens is 160 g/mol. The van der Waals surface area contributed by atoms with E-state index >= 15 is 0 Å². The van der Waals surface area contributed by atoms with Gasteiger partial charge in [0, 0.05) is 12.7 Å². The van der Waals surface area contributed by atoms with Crippen LogP contribution in [0.25, 0.3) is 0 Å². The fraction of sp³-hybridized carbons (Fsp3) is 0.875. The molecule has 1 atom stereocenters. The zero-order valence-electron chi connectivity index (χ0n) is 7.22. The Labute approximate surface area is 71.9 Å². The van der Waals surface area contributed by atoms with Gasteiger partial charge in [0.25, 0.3) is 0 Å². The van der Waals surface area contributed by atoms with E-state index in [1.165, 1.54) is 12.0 Å². The van der Waals surface area contributed by atoms with E-state index in [0.717, 1.165) is 6.42 Å². The van der Waals surface area contributed by atoms with Crippen molar-refractivity contribution in [2.75, 3.05) is 6.26 Å². The largest absolute Gasteiger partial charge is 0.304 e. The Bertz CT molecular complexity index is 165. The monoisotopic (exact) mass is 174 g/mol. The third kappa shape index (κ3) is 2.20. The van der Waals surface area contributed by atoms with Gasteiger partial charge in [-0.05, 0) is 23.9 Å². The Morgan fingerprint density at radius 3 is 2.64 bits per heavy atom. The minimum atomic E-state index is -0.153. The standard InChI is InChI=1S/C8H14O2S/c1-8(2)4-6(9)7(5-8)10-11-3/h7H,4-5H2,1-3H3. The number of rotatable bonds is 2. The van der Waals surface area contributed by atoms with Crippen LogP contribution in [-0.2, 0) is 8.98 Å². The molecule has 64 valence electrons. The quantitative estimate of drug-likeness (QED) is 0.599. The maximum Gasteiger partial charge on any atom is 0.163 e. The van der Waals surface area contributed by atoms with Crippen molar-refractivity contribution >= 4 is 17.8 Å². The van der Waals surface area contributed by atoms with Crippen LogP contribution in [0, 0.1) is 5.41 Å². The molecule has 1 aliphatic rings. The van der Waals surface area contributed by atoms with Crippen LogP contribution in [0.3, 0.4) is 0 Å². The summed E-state index contributed by atoms with van der Waals surface area (Å²) in [5.41, 5.74) is 0.150. The number of hydrogen-bond donors (Lipinski definition) is 0. The van der Waals surface area contributed by atoms with Gasteiger partial charge < -0.3 is 4.18 Å². The lowest BCUT2D eigenvalue weighted by Crippen LogP contribution is -2.13. The number of hydrogen-bond acceptors (Lipinski definition) is 3. The molecule has 0 aliphatic heterocycles. The second-order valence-corrected chi connectivity index (χ2v) is 4.29. The Kier molecular flexibility index (Phi) is 2.60. The zero-order valence-corrected chi connectivity index (χ0v) is 8.03. The summed E-state index contributed by atoms with van der Waals surface area (Å²) < 4.78 is 5.22. The average Bonchev–Trinajstić information content (AvgIpc) is 2.07.